The third kappa shape index (κ3) is 3.43. The summed E-state index contributed by atoms with van der Waals surface area (Å²) < 4.78 is 0. The molecule has 0 aliphatic heterocycles. The lowest BCUT2D eigenvalue weighted by molar-refractivity contribution is -0.123. The van der Waals surface area contributed by atoms with Crippen LogP contribution >= 0.6 is 11.8 Å². The number of hydrogen-bond acceptors (Lipinski definition) is 4. The van der Waals surface area contributed by atoms with Crippen LogP contribution in [0.15, 0.2) is 10.5 Å². The molecule has 0 aromatic heterocycles. The Morgan fingerprint density at radius 2 is 2.06 bits per heavy atom. The highest BCUT2D eigenvalue weighted by atomic mass is 32.2. The molecule has 3 N–H and O–H groups in total. The van der Waals surface area contributed by atoms with E-state index in [1.807, 2.05) is 13.8 Å². The fraction of sp³-hybridized carbons (Fsp3) is 0.583. The summed E-state index contributed by atoms with van der Waals surface area (Å²) in [4.78, 5) is 24.4. The van der Waals surface area contributed by atoms with Crippen LogP contribution in [0.1, 0.15) is 40.0 Å². The molecule has 0 aromatic rings. The second kappa shape index (κ2) is 5.04. The molecule has 0 amide bonds. The molecule has 0 radical (unpaired) electrons. The fourth-order valence-corrected chi connectivity index (χ4v) is 3.03. The molecule has 0 saturated heterocycles. The van der Waals surface area contributed by atoms with E-state index in [-0.39, 0.29) is 27.7 Å². The van der Waals surface area contributed by atoms with Gasteiger partial charge in [-0.05, 0) is 11.8 Å². The minimum absolute atomic E-state index is 0.0769. The van der Waals surface area contributed by atoms with Crippen molar-refractivity contribution in [3.8, 4) is 0 Å². The molecule has 0 heterocycles. The summed E-state index contributed by atoms with van der Waals surface area (Å²) in [6.07, 6.45) is 1.32. The van der Waals surface area contributed by atoms with Crippen molar-refractivity contribution >= 4 is 28.5 Å². The largest absolute Gasteiger partial charge is 0.378 e. The number of Topliss-reactive ketones (excluding diaryl/α,β-unsaturated/α-hetero) is 2. The van der Waals surface area contributed by atoms with Crippen LogP contribution < -0.4 is 5.73 Å². The zero-order chi connectivity index (χ0) is 13.2. The number of allylic oxidation sites excluding steroid dienone is 2. The number of nitrogens with two attached hydrogens (primary N) is 1. The average molecular weight is 254 g/mol. The van der Waals surface area contributed by atoms with E-state index < -0.39 is 0 Å². The Morgan fingerprint density at radius 3 is 2.53 bits per heavy atom. The molecule has 4 nitrogen and oxygen atoms in total. The molecule has 0 fully saturated rings. The van der Waals surface area contributed by atoms with Gasteiger partial charge in [0.15, 0.2) is 16.7 Å². The van der Waals surface area contributed by atoms with Gasteiger partial charge in [0.05, 0.1) is 5.57 Å². The molecule has 1 rings (SSSR count). The van der Waals surface area contributed by atoms with E-state index in [0.29, 0.717) is 24.2 Å². The summed E-state index contributed by atoms with van der Waals surface area (Å²) in [6, 6.07) is 0. The quantitative estimate of drug-likeness (QED) is 0.459. The van der Waals surface area contributed by atoms with Crippen LogP contribution in [0.3, 0.4) is 0 Å². The predicted octanol–water partition coefficient (Wildman–Crippen LogP) is 2.24. The van der Waals surface area contributed by atoms with Gasteiger partial charge in [0.25, 0.3) is 0 Å². The molecule has 5 heteroatoms. The summed E-state index contributed by atoms with van der Waals surface area (Å²) in [7, 11) is 0. The first-order chi connectivity index (χ1) is 7.76. The highest BCUT2D eigenvalue weighted by Crippen LogP contribution is 2.41. The number of amidine groups is 1. The van der Waals surface area contributed by atoms with E-state index >= 15 is 0 Å². The number of hydrogen-bond donors (Lipinski definition) is 2. The minimum Gasteiger partial charge on any atom is -0.378 e. The summed E-state index contributed by atoms with van der Waals surface area (Å²) in [5, 5.41) is 7.22. The molecule has 0 unspecified atom stereocenters. The summed E-state index contributed by atoms with van der Waals surface area (Å²) in [5.41, 5.74) is 5.46. The molecule has 1 aliphatic rings. The smallest absolute Gasteiger partial charge is 0.167 e. The maximum atomic E-state index is 12.0. The standard InChI is InChI=1S/C12H18N2O2S/c1-4-7(15)10-8(16)5-12(2,3)6-9(10)17-11(13)14/h4-6H2,1-3H3,(H3,13,14). The van der Waals surface area contributed by atoms with Crippen molar-refractivity contribution in [1.29, 1.82) is 5.41 Å². The third-order valence-corrected chi connectivity index (χ3v) is 3.48. The molecular weight excluding hydrogens is 236 g/mol. The van der Waals surface area contributed by atoms with E-state index in [9.17, 15) is 9.59 Å². The van der Waals surface area contributed by atoms with Gasteiger partial charge in [-0.3, -0.25) is 15.0 Å². The number of carbonyl (C=O) groups excluding carboxylic acids is 2. The number of ketones is 2. The number of rotatable bonds is 3. The average Bonchev–Trinajstić information content (AvgIpc) is 2.13. The van der Waals surface area contributed by atoms with Crippen molar-refractivity contribution in [1.82, 2.24) is 0 Å². The zero-order valence-electron chi connectivity index (χ0n) is 10.4. The second-order valence-electron chi connectivity index (χ2n) is 4.98. The van der Waals surface area contributed by atoms with Crippen molar-refractivity contribution in [3.63, 3.8) is 0 Å². The summed E-state index contributed by atoms with van der Waals surface area (Å²) in [6.45, 7) is 5.70. The van der Waals surface area contributed by atoms with Gasteiger partial charge in [-0.2, -0.15) is 0 Å². The number of nitrogens with one attached hydrogen (secondary N) is 1. The predicted molar refractivity (Wildman–Crippen MR) is 69.9 cm³/mol. The Bertz CT molecular complexity index is 411. The Hall–Kier alpha value is -1.10. The topological polar surface area (TPSA) is 84.0 Å². The lowest BCUT2D eigenvalue weighted by atomic mass is 9.76. The van der Waals surface area contributed by atoms with Crippen LogP contribution in [-0.4, -0.2) is 16.7 Å². The Kier molecular flexibility index (Phi) is 4.14. The Labute approximate surface area is 106 Å². The van der Waals surface area contributed by atoms with Crippen LogP contribution in [0.25, 0.3) is 0 Å². The van der Waals surface area contributed by atoms with Crippen LogP contribution in [-0.2, 0) is 9.59 Å². The molecule has 0 aromatic carbocycles. The Balaban J connectivity index is 3.19. The molecule has 0 bridgehead atoms. The van der Waals surface area contributed by atoms with Gasteiger partial charge in [0, 0.05) is 17.7 Å². The molecule has 0 spiro atoms. The van der Waals surface area contributed by atoms with Crippen molar-refractivity contribution in [2.75, 3.05) is 0 Å². The first-order valence-electron chi connectivity index (χ1n) is 5.58. The summed E-state index contributed by atoms with van der Waals surface area (Å²) in [5.74, 6) is -0.258. The van der Waals surface area contributed by atoms with Crippen LogP contribution in [0.4, 0.5) is 0 Å². The minimum atomic E-state index is -0.160. The number of carbonyl (C=O) groups is 2. The molecule has 94 valence electrons. The second-order valence-corrected chi connectivity index (χ2v) is 6.12. The fourth-order valence-electron chi connectivity index (χ4n) is 1.97. The third-order valence-electron chi connectivity index (χ3n) is 2.67. The molecule has 17 heavy (non-hydrogen) atoms. The van der Waals surface area contributed by atoms with Crippen LogP contribution in [0.2, 0.25) is 0 Å². The maximum absolute atomic E-state index is 12.0. The van der Waals surface area contributed by atoms with Crippen molar-refractivity contribution in [2.24, 2.45) is 11.1 Å². The first kappa shape index (κ1) is 14.0. The van der Waals surface area contributed by atoms with E-state index in [2.05, 4.69) is 0 Å². The van der Waals surface area contributed by atoms with Crippen LogP contribution in [0.5, 0.6) is 0 Å². The van der Waals surface area contributed by atoms with Crippen LogP contribution in [0, 0.1) is 10.8 Å². The van der Waals surface area contributed by atoms with E-state index in [4.69, 9.17) is 11.1 Å². The normalized spacial score (nSPS) is 19.4. The molecule has 1 aliphatic carbocycles. The molecule has 0 saturated carbocycles. The van der Waals surface area contributed by atoms with Gasteiger partial charge in [-0.1, -0.05) is 32.5 Å². The van der Waals surface area contributed by atoms with Gasteiger partial charge < -0.3 is 5.73 Å². The lowest BCUT2D eigenvalue weighted by Gasteiger charge is -2.31. The number of thioether (sulfide) groups is 1. The van der Waals surface area contributed by atoms with E-state index in [1.54, 1.807) is 6.92 Å². The van der Waals surface area contributed by atoms with Crippen molar-refractivity contribution in [3.05, 3.63) is 10.5 Å². The summed E-state index contributed by atoms with van der Waals surface area (Å²) >= 11 is 1.03. The highest BCUT2D eigenvalue weighted by Gasteiger charge is 2.35. The Morgan fingerprint density at radius 1 is 1.47 bits per heavy atom. The monoisotopic (exact) mass is 254 g/mol. The molecule has 0 atom stereocenters. The highest BCUT2D eigenvalue weighted by molar-refractivity contribution is 8.17. The van der Waals surface area contributed by atoms with Gasteiger partial charge in [0.1, 0.15) is 0 Å². The first-order valence-corrected chi connectivity index (χ1v) is 6.40. The van der Waals surface area contributed by atoms with Gasteiger partial charge in [-0.25, -0.2) is 0 Å². The SMILES string of the molecule is CCC(=O)C1=C(SC(=N)N)CC(C)(C)CC1=O. The van der Waals surface area contributed by atoms with Crippen molar-refractivity contribution in [2.45, 2.75) is 40.0 Å². The van der Waals surface area contributed by atoms with Gasteiger partial charge in [0.2, 0.25) is 0 Å². The zero-order valence-corrected chi connectivity index (χ0v) is 11.2. The maximum Gasteiger partial charge on any atom is 0.167 e. The van der Waals surface area contributed by atoms with Crippen molar-refractivity contribution < 1.29 is 9.59 Å². The van der Waals surface area contributed by atoms with E-state index in [0.717, 1.165) is 11.8 Å². The van der Waals surface area contributed by atoms with Gasteiger partial charge >= 0.3 is 0 Å². The van der Waals surface area contributed by atoms with Gasteiger partial charge in [-0.15, -0.1) is 0 Å². The molecular formula is C12H18N2O2S. The lowest BCUT2D eigenvalue weighted by Crippen LogP contribution is -2.29. The van der Waals surface area contributed by atoms with E-state index in [1.165, 1.54) is 0 Å².